The summed E-state index contributed by atoms with van der Waals surface area (Å²) in [5.74, 6) is 1.85. The fourth-order valence-corrected chi connectivity index (χ4v) is 7.11. The summed E-state index contributed by atoms with van der Waals surface area (Å²) in [4.78, 5) is 15.0. The van der Waals surface area contributed by atoms with Crippen LogP contribution in [-0.2, 0) is 5.41 Å². The molecule has 0 fully saturated rings. The Morgan fingerprint density at radius 2 is 1.02 bits per heavy atom. The Labute approximate surface area is 254 Å². The number of hydrogen-bond acceptors (Lipinski definition) is 4. The van der Waals surface area contributed by atoms with Gasteiger partial charge in [0, 0.05) is 32.7 Å². The van der Waals surface area contributed by atoms with Gasteiger partial charge in [-0.2, -0.15) is 0 Å². The molecule has 0 N–H and O–H groups in total. The van der Waals surface area contributed by atoms with Gasteiger partial charge in [-0.15, -0.1) is 0 Å². The molecule has 4 nitrogen and oxygen atoms in total. The minimum atomic E-state index is -0.199. The lowest BCUT2D eigenvalue weighted by Gasteiger charge is -2.22. The molecule has 0 unspecified atom stereocenters. The van der Waals surface area contributed by atoms with E-state index in [9.17, 15) is 0 Å². The number of fused-ring (bicyclic) bond motifs is 10. The second-order valence-corrected chi connectivity index (χ2v) is 12.0. The van der Waals surface area contributed by atoms with Crippen LogP contribution in [0.5, 0.6) is 0 Å². The molecular formula is C40H27N3O. The second-order valence-electron chi connectivity index (χ2n) is 12.0. The van der Waals surface area contributed by atoms with Crippen molar-refractivity contribution in [3.63, 3.8) is 0 Å². The highest BCUT2D eigenvalue weighted by Crippen LogP contribution is 2.56. The number of para-hydroxylation sites is 1. The van der Waals surface area contributed by atoms with Gasteiger partial charge in [0.05, 0.1) is 5.56 Å². The summed E-state index contributed by atoms with van der Waals surface area (Å²) in [5, 5.41) is 4.56. The van der Waals surface area contributed by atoms with Crippen molar-refractivity contribution in [2.24, 2.45) is 0 Å². The summed E-state index contributed by atoms with van der Waals surface area (Å²) in [5.41, 5.74) is 9.48. The molecule has 0 saturated carbocycles. The molecule has 0 aliphatic heterocycles. The Balaban J connectivity index is 1.38. The van der Waals surface area contributed by atoms with E-state index in [1.54, 1.807) is 0 Å². The van der Waals surface area contributed by atoms with Crippen molar-refractivity contribution in [3.05, 3.63) is 139 Å². The molecule has 2 aromatic heterocycles. The topological polar surface area (TPSA) is 51.8 Å². The first kappa shape index (κ1) is 24.9. The van der Waals surface area contributed by atoms with Gasteiger partial charge in [0.15, 0.2) is 17.5 Å². The largest absolute Gasteiger partial charge is 0.455 e. The van der Waals surface area contributed by atoms with Crippen LogP contribution >= 0.6 is 0 Å². The molecule has 6 aromatic carbocycles. The highest BCUT2D eigenvalue weighted by Gasteiger charge is 2.39. The molecular weight excluding hydrogens is 538 g/mol. The molecule has 208 valence electrons. The maximum absolute atomic E-state index is 6.96. The fourth-order valence-electron chi connectivity index (χ4n) is 7.11. The van der Waals surface area contributed by atoms with Crippen LogP contribution in [0.15, 0.2) is 132 Å². The molecule has 0 bridgehead atoms. The van der Waals surface area contributed by atoms with Gasteiger partial charge in [-0.3, -0.25) is 0 Å². The van der Waals surface area contributed by atoms with E-state index in [4.69, 9.17) is 19.4 Å². The first-order valence-corrected chi connectivity index (χ1v) is 15.0. The van der Waals surface area contributed by atoms with Crippen LogP contribution in [0.3, 0.4) is 0 Å². The zero-order valence-corrected chi connectivity index (χ0v) is 24.4. The van der Waals surface area contributed by atoms with Crippen LogP contribution in [-0.4, -0.2) is 15.0 Å². The lowest BCUT2D eigenvalue weighted by Crippen LogP contribution is -2.15. The first-order valence-electron chi connectivity index (χ1n) is 15.0. The van der Waals surface area contributed by atoms with E-state index >= 15 is 0 Å². The van der Waals surface area contributed by atoms with E-state index in [-0.39, 0.29) is 5.41 Å². The van der Waals surface area contributed by atoms with Crippen LogP contribution in [0, 0.1) is 0 Å². The molecule has 0 radical (unpaired) electrons. The summed E-state index contributed by atoms with van der Waals surface area (Å²) in [6, 6.07) is 43.9. The summed E-state index contributed by atoms with van der Waals surface area (Å²) in [7, 11) is 0. The molecule has 8 aromatic rings. The van der Waals surface area contributed by atoms with Gasteiger partial charge in [0.2, 0.25) is 0 Å². The minimum absolute atomic E-state index is 0.199. The number of aromatic nitrogens is 3. The molecule has 2 heterocycles. The Kier molecular flexibility index (Phi) is 5.21. The quantitative estimate of drug-likeness (QED) is 0.214. The van der Waals surface area contributed by atoms with E-state index in [0.717, 1.165) is 44.0 Å². The first-order chi connectivity index (χ1) is 21.6. The van der Waals surface area contributed by atoms with Gasteiger partial charge < -0.3 is 4.42 Å². The van der Waals surface area contributed by atoms with E-state index < -0.39 is 0 Å². The molecule has 9 rings (SSSR count). The third-order valence-electron chi connectivity index (χ3n) is 9.09. The molecule has 0 amide bonds. The van der Waals surface area contributed by atoms with Crippen molar-refractivity contribution in [2.45, 2.75) is 19.3 Å². The predicted octanol–water partition coefficient (Wildman–Crippen LogP) is 10.2. The molecule has 1 aliphatic rings. The minimum Gasteiger partial charge on any atom is -0.455 e. The fraction of sp³-hybridized carbons (Fsp3) is 0.0750. The number of hydrogen-bond donors (Lipinski definition) is 0. The maximum atomic E-state index is 6.96. The third-order valence-corrected chi connectivity index (χ3v) is 9.09. The number of benzene rings is 6. The van der Waals surface area contributed by atoms with Crippen molar-refractivity contribution in [1.29, 1.82) is 0 Å². The van der Waals surface area contributed by atoms with Crippen LogP contribution in [0.4, 0.5) is 0 Å². The van der Waals surface area contributed by atoms with E-state index in [2.05, 4.69) is 80.6 Å². The summed E-state index contributed by atoms with van der Waals surface area (Å²) in [6.07, 6.45) is 0. The highest BCUT2D eigenvalue weighted by atomic mass is 16.3. The van der Waals surface area contributed by atoms with E-state index in [0.29, 0.717) is 17.5 Å². The molecule has 0 spiro atoms. The average Bonchev–Trinajstić information content (AvgIpc) is 3.58. The van der Waals surface area contributed by atoms with Gasteiger partial charge in [-0.1, -0.05) is 135 Å². The predicted molar refractivity (Wildman–Crippen MR) is 178 cm³/mol. The normalized spacial score (nSPS) is 13.4. The van der Waals surface area contributed by atoms with Crippen LogP contribution in [0.2, 0.25) is 0 Å². The van der Waals surface area contributed by atoms with Crippen molar-refractivity contribution in [1.82, 2.24) is 15.0 Å². The van der Waals surface area contributed by atoms with E-state index in [1.807, 2.05) is 60.7 Å². The Morgan fingerprint density at radius 3 is 1.73 bits per heavy atom. The summed E-state index contributed by atoms with van der Waals surface area (Å²) >= 11 is 0. The number of furan rings is 1. The van der Waals surface area contributed by atoms with Gasteiger partial charge in [-0.05, 0) is 33.7 Å². The zero-order valence-electron chi connectivity index (χ0n) is 24.4. The lowest BCUT2D eigenvalue weighted by molar-refractivity contribution is 0.659. The standard InChI is InChI=1S/C40H27N3O/c1-40(2)31-23-12-11-20-28(31)32-26-18-9-10-19-27(26)36-33(34(32)40)29-21-13-22-30(35(29)44-36)39-42-37(24-14-5-3-6-15-24)41-38(43-39)25-16-7-4-8-17-25/h3-23H,1-2H3. The SMILES string of the molecule is CC1(C)c2ccccc2-c2c1c1c3cccc(-c4nc(-c5ccccc5)nc(-c5ccccc5)n4)c3oc1c1ccccc21. The van der Waals surface area contributed by atoms with Gasteiger partial charge in [0.25, 0.3) is 0 Å². The molecule has 0 saturated heterocycles. The third kappa shape index (κ3) is 3.48. The van der Waals surface area contributed by atoms with E-state index in [1.165, 1.54) is 27.6 Å². The van der Waals surface area contributed by atoms with Crippen LogP contribution in [0.25, 0.3) is 78.0 Å². The molecule has 44 heavy (non-hydrogen) atoms. The lowest BCUT2D eigenvalue weighted by atomic mass is 9.79. The molecule has 4 heteroatoms. The van der Waals surface area contributed by atoms with Gasteiger partial charge in [0.1, 0.15) is 11.2 Å². The average molecular weight is 566 g/mol. The number of rotatable bonds is 3. The van der Waals surface area contributed by atoms with Crippen molar-refractivity contribution in [3.8, 4) is 45.3 Å². The smallest absolute Gasteiger partial charge is 0.167 e. The Hall–Kier alpha value is -5.61. The van der Waals surface area contributed by atoms with Crippen molar-refractivity contribution in [2.75, 3.05) is 0 Å². The zero-order chi connectivity index (χ0) is 29.4. The Bertz CT molecular complexity index is 2350. The summed E-state index contributed by atoms with van der Waals surface area (Å²) in [6.45, 7) is 4.66. The number of nitrogens with zero attached hydrogens (tertiary/aromatic N) is 3. The van der Waals surface area contributed by atoms with Crippen molar-refractivity contribution >= 4 is 32.7 Å². The maximum Gasteiger partial charge on any atom is 0.167 e. The monoisotopic (exact) mass is 565 g/mol. The highest BCUT2D eigenvalue weighted by molar-refractivity contribution is 6.24. The molecule has 1 aliphatic carbocycles. The van der Waals surface area contributed by atoms with Crippen LogP contribution < -0.4 is 0 Å². The second kappa shape index (κ2) is 9.19. The van der Waals surface area contributed by atoms with Gasteiger partial charge >= 0.3 is 0 Å². The summed E-state index contributed by atoms with van der Waals surface area (Å²) < 4.78 is 6.96. The van der Waals surface area contributed by atoms with Crippen molar-refractivity contribution < 1.29 is 4.42 Å². The van der Waals surface area contributed by atoms with Gasteiger partial charge in [-0.25, -0.2) is 15.0 Å². The Morgan fingerprint density at radius 1 is 0.477 bits per heavy atom. The molecule has 0 atom stereocenters. The van der Waals surface area contributed by atoms with Crippen LogP contribution in [0.1, 0.15) is 25.0 Å².